The van der Waals surface area contributed by atoms with Gasteiger partial charge in [-0.05, 0) is 94.6 Å². The number of carbonyl (C=O) groups excluding carboxylic acids is 3. The van der Waals surface area contributed by atoms with E-state index in [0.717, 1.165) is 81.1 Å². The van der Waals surface area contributed by atoms with Gasteiger partial charge in [0.2, 0.25) is 5.91 Å². The number of hydrogen-bond acceptors (Lipinski definition) is 4. The van der Waals surface area contributed by atoms with E-state index in [1.165, 1.54) is 18.4 Å². The van der Waals surface area contributed by atoms with Crippen LogP contribution < -0.4 is 10.2 Å². The zero-order valence-electron chi connectivity index (χ0n) is 21.2. The Labute approximate surface area is 213 Å². The molecule has 3 fully saturated rings. The highest BCUT2D eigenvalue weighted by Gasteiger charge is 2.47. The first kappa shape index (κ1) is 24.5. The number of nitrogens with zero attached hydrogens (tertiary/aromatic N) is 2. The van der Waals surface area contributed by atoms with Gasteiger partial charge in [-0.2, -0.15) is 0 Å². The molecule has 1 saturated heterocycles. The Hall–Kier alpha value is -2.15. The molecule has 6 nitrogen and oxygen atoms in total. The molecule has 1 spiro atoms. The Morgan fingerprint density at radius 1 is 1.17 bits per heavy atom. The number of allylic oxidation sites excluding steroid dienone is 2. The molecule has 1 aromatic heterocycles. The van der Waals surface area contributed by atoms with Gasteiger partial charge in [-0.15, -0.1) is 11.3 Å². The first-order chi connectivity index (χ1) is 16.9. The second-order valence-corrected chi connectivity index (χ2v) is 12.4. The van der Waals surface area contributed by atoms with E-state index < -0.39 is 0 Å². The molecule has 0 unspecified atom stereocenters. The highest BCUT2D eigenvalue weighted by molar-refractivity contribution is 7.15. The summed E-state index contributed by atoms with van der Waals surface area (Å²) in [4.78, 5) is 44.2. The molecule has 0 aromatic carbocycles. The van der Waals surface area contributed by atoms with Gasteiger partial charge in [-0.25, -0.2) is 4.79 Å². The molecule has 1 aromatic rings. The fraction of sp³-hybridized carbons (Fsp3) is 0.679. The highest BCUT2D eigenvalue weighted by atomic mass is 32.1. The van der Waals surface area contributed by atoms with Crippen LogP contribution >= 0.6 is 11.3 Å². The van der Waals surface area contributed by atoms with Crippen molar-refractivity contribution in [1.29, 1.82) is 0 Å². The maximum absolute atomic E-state index is 14.1. The van der Waals surface area contributed by atoms with Gasteiger partial charge in [0.25, 0.3) is 0 Å². The third-order valence-electron chi connectivity index (χ3n) is 9.15. The normalized spacial score (nSPS) is 31.3. The predicted molar refractivity (Wildman–Crippen MR) is 141 cm³/mol. The lowest BCUT2D eigenvalue weighted by molar-refractivity contribution is -0.124. The van der Waals surface area contributed by atoms with E-state index in [1.807, 2.05) is 16.8 Å². The van der Waals surface area contributed by atoms with Crippen LogP contribution in [0.15, 0.2) is 12.1 Å². The summed E-state index contributed by atoms with van der Waals surface area (Å²) >= 11 is 1.55. The van der Waals surface area contributed by atoms with Gasteiger partial charge in [-0.1, -0.05) is 13.0 Å². The van der Waals surface area contributed by atoms with Crippen molar-refractivity contribution < 1.29 is 14.4 Å². The van der Waals surface area contributed by atoms with Crippen LogP contribution in [0, 0.1) is 11.8 Å². The summed E-state index contributed by atoms with van der Waals surface area (Å²) in [5.41, 5.74) is 2.00. The van der Waals surface area contributed by atoms with Crippen LogP contribution in [-0.4, -0.2) is 48.3 Å². The van der Waals surface area contributed by atoms with Crippen LogP contribution in [0.5, 0.6) is 0 Å². The number of likely N-dealkylation sites (N-methyl/N-ethyl adjacent to an activating group) is 1. The topological polar surface area (TPSA) is 69.7 Å². The number of hydrogen-bond donors (Lipinski definition) is 1. The minimum Gasteiger partial charge on any atom is -0.336 e. The van der Waals surface area contributed by atoms with E-state index in [1.54, 1.807) is 11.3 Å². The van der Waals surface area contributed by atoms with Crippen molar-refractivity contribution in [2.75, 3.05) is 18.5 Å². The third-order valence-corrected chi connectivity index (χ3v) is 10.3. The van der Waals surface area contributed by atoms with E-state index in [9.17, 15) is 14.4 Å². The number of nitrogens with one attached hydrogen (secondary N) is 1. The lowest BCUT2D eigenvalue weighted by Gasteiger charge is -2.45. The molecule has 3 amide bonds. The van der Waals surface area contributed by atoms with Crippen molar-refractivity contribution in [3.63, 3.8) is 0 Å². The third kappa shape index (κ3) is 4.68. The molecule has 35 heavy (non-hydrogen) atoms. The summed E-state index contributed by atoms with van der Waals surface area (Å²) in [7, 11) is 1.89. The van der Waals surface area contributed by atoms with Gasteiger partial charge in [-0.3, -0.25) is 9.59 Å². The lowest BCUT2D eigenvalue weighted by atomic mass is 9.77. The van der Waals surface area contributed by atoms with Crippen molar-refractivity contribution >= 4 is 40.8 Å². The highest BCUT2D eigenvalue weighted by Crippen LogP contribution is 2.43. The largest absolute Gasteiger partial charge is 0.336 e. The summed E-state index contributed by atoms with van der Waals surface area (Å²) in [6.07, 6.45) is 15.3. The smallest absolute Gasteiger partial charge is 0.317 e. The van der Waals surface area contributed by atoms with Crippen molar-refractivity contribution in [3.05, 3.63) is 21.9 Å². The predicted octanol–water partition coefficient (Wildman–Crippen LogP) is 6.01. The maximum Gasteiger partial charge on any atom is 0.317 e. The molecule has 7 heteroatoms. The van der Waals surface area contributed by atoms with Crippen LogP contribution in [0.4, 0.5) is 10.5 Å². The van der Waals surface area contributed by atoms with Crippen molar-refractivity contribution in [2.24, 2.45) is 11.8 Å². The molecule has 1 aliphatic heterocycles. The Balaban J connectivity index is 1.45. The van der Waals surface area contributed by atoms with Crippen LogP contribution in [0.25, 0.3) is 5.57 Å². The maximum atomic E-state index is 14.1. The molecule has 2 saturated carbocycles. The number of rotatable bonds is 5. The summed E-state index contributed by atoms with van der Waals surface area (Å²) in [5.74, 6) is 0.926. The van der Waals surface area contributed by atoms with Crippen molar-refractivity contribution in [3.8, 4) is 0 Å². The fourth-order valence-corrected chi connectivity index (χ4v) is 7.72. The molecule has 0 bridgehead atoms. The number of urea groups is 1. The van der Waals surface area contributed by atoms with Gasteiger partial charge in [0, 0.05) is 30.4 Å². The van der Waals surface area contributed by atoms with Gasteiger partial charge in [0.15, 0.2) is 6.29 Å². The molecule has 4 aliphatic rings. The average molecular weight is 498 g/mol. The average Bonchev–Trinajstić information content (AvgIpc) is 3.43. The number of amides is 3. The number of aldehydes is 1. The molecule has 190 valence electrons. The van der Waals surface area contributed by atoms with E-state index in [-0.39, 0.29) is 29.4 Å². The zero-order valence-corrected chi connectivity index (χ0v) is 22.0. The van der Waals surface area contributed by atoms with E-state index in [0.29, 0.717) is 17.3 Å². The van der Waals surface area contributed by atoms with Gasteiger partial charge in [0.1, 0.15) is 0 Å². The second kappa shape index (κ2) is 10.1. The summed E-state index contributed by atoms with van der Waals surface area (Å²) in [5, 5.41) is 3.00. The second-order valence-electron chi connectivity index (χ2n) is 11.3. The standard InChI is InChI=1S/C28H39N3O3S/c1-19-8-10-21(11-9-19)26(33)31(22-12-14-28(15-13-22)18-29-27(34)30(28)2)23-16-24(35-25(23)17-32)20-6-4-3-5-7-20/h6,16-17,19,21-22H,3-5,7-15,18H2,1-2H3,(H,29,34). The molecule has 0 radical (unpaired) electrons. The molecule has 2 heterocycles. The molecule has 5 rings (SSSR count). The SMILES string of the molecule is CC1CCC(C(=O)N(c2cc(C3=CCCCC3)sc2C=O)C2CCC3(CC2)CNC(=O)N3C)CC1. The molecule has 1 N–H and O–H groups in total. The monoisotopic (exact) mass is 497 g/mol. The number of anilines is 1. The van der Waals surface area contributed by atoms with Crippen LogP contribution in [0.1, 0.15) is 98.5 Å². The first-order valence-corrected chi connectivity index (χ1v) is 14.4. The Morgan fingerprint density at radius 2 is 1.91 bits per heavy atom. The summed E-state index contributed by atoms with van der Waals surface area (Å²) in [6.45, 7) is 2.96. The molecular formula is C28H39N3O3S. The number of thiophene rings is 1. The Bertz CT molecular complexity index is 999. The van der Waals surface area contributed by atoms with Gasteiger partial charge >= 0.3 is 6.03 Å². The van der Waals surface area contributed by atoms with E-state index >= 15 is 0 Å². The van der Waals surface area contributed by atoms with Crippen LogP contribution in [0.2, 0.25) is 0 Å². The summed E-state index contributed by atoms with van der Waals surface area (Å²) < 4.78 is 0. The number of carbonyl (C=O) groups is 3. The van der Waals surface area contributed by atoms with Crippen LogP contribution in [-0.2, 0) is 4.79 Å². The summed E-state index contributed by atoms with van der Waals surface area (Å²) in [6, 6.07) is 2.20. The van der Waals surface area contributed by atoms with Crippen LogP contribution in [0.3, 0.4) is 0 Å². The minimum atomic E-state index is -0.150. The first-order valence-electron chi connectivity index (χ1n) is 13.5. The van der Waals surface area contributed by atoms with Gasteiger partial charge in [0.05, 0.1) is 16.1 Å². The molecule has 3 aliphatic carbocycles. The molecular weight excluding hydrogens is 458 g/mol. The minimum absolute atomic E-state index is 0.000757. The van der Waals surface area contributed by atoms with Gasteiger partial charge < -0.3 is 15.1 Å². The fourth-order valence-electron chi connectivity index (χ4n) is 6.69. The van der Waals surface area contributed by atoms with Crippen molar-refractivity contribution in [1.82, 2.24) is 10.2 Å². The Kier molecular flexibility index (Phi) is 7.06. The van der Waals surface area contributed by atoms with Crippen molar-refractivity contribution in [2.45, 2.75) is 95.6 Å². The molecule has 0 atom stereocenters. The quantitative estimate of drug-likeness (QED) is 0.506. The zero-order chi connectivity index (χ0) is 24.6. The lowest BCUT2D eigenvalue weighted by Crippen LogP contribution is -2.53. The Morgan fingerprint density at radius 3 is 2.51 bits per heavy atom. The van der Waals surface area contributed by atoms with E-state index in [2.05, 4.69) is 24.4 Å². The van der Waals surface area contributed by atoms with E-state index in [4.69, 9.17) is 0 Å².